The van der Waals surface area contributed by atoms with Crippen LogP contribution in [-0.2, 0) is 0 Å². The summed E-state index contributed by atoms with van der Waals surface area (Å²) in [6.45, 7) is 2.07. The van der Waals surface area contributed by atoms with Gasteiger partial charge in [-0.3, -0.25) is 0 Å². The first kappa shape index (κ1) is 9.78. The molecular formula is C14H14O. The molecule has 0 unspecified atom stereocenters. The van der Waals surface area contributed by atoms with Gasteiger partial charge >= 0.3 is 0 Å². The van der Waals surface area contributed by atoms with Crippen LogP contribution in [0.3, 0.4) is 0 Å². The van der Waals surface area contributed by atoms with Gasteiger partial charge < -0.3 is 4.74 Å². The third kappa shape index (κ3) is 2.84. The lowest BCUT2D eigenvalue weighted by atomic mass is 10.2. The van der Waals surface area contributed by atoms with Gasteiger partial charge in [0.2, 0.25) is 0 Å². The molecule has 0 fully saturated rings. The van der Waals surface area contributed by atoms with Crippen LogP contribution in [0.25, 0.3) is 0 Å². The van der Waals surface area contributed by atoms with Gasteiger partial charge in [-0.25, -0.2) is 0 Å². The second-order valence-electron chi connectivity index (χ2n) is 3.55. The molecule has 0 aliphatic heterocycles. The zero-order chi connectivity index (χ0) is 10.5. The van der Waals surface area contributed by atoms with Crippen LogP contribution in [0.5, 0.6) is 5.75 Å². The molecule has 1 aromatic carbocycles. The molecule has 0 radical (unpaired) electrons. The molecule has 0 aromatic heterocycles. The lowest BCUT2D eigenvalue weighted by Gasteiger charge is -2.05. The molecule has 0 heterocycles. The molecule has 1 aliphatic rings. The van der Waals surface area contributed by atoms with E-state index < -0.39 is 0 Å². The number of benzene rings is 1. The summed E-state index contributed by atoms with van der Waals surface area (Å²) < 4.78 is 5.71. The number of rotatable bonds is 2. The quantitative estimate of drug-likeness (QED) is 0.702. The van der Waals surface area contributed by atoms with Crippen molar-refractivity contribution in [3.63, 3.8) is 0 Å². The standard InChI is InChI=1S/C14H14O/c1-12-8-10-14(11-9-12)15-13-6-4-2-3-5-7-13/h2,4-11H,3H2,1H3. The highest BCUT2D eigenvalue weighted by Crippen LogP contribution is 2.16. The Kier molecular flexibility index (Phi) is 3.03. The molecule has 0 amide bonds. The maximum atomic E-state index is 5.71. The Balaban J connectivity index is 2.11. The summed E-state index contributed by atoms with van der Waals surface area (Å²) in [7, 11) is 0. The molecule has 1 nitrogen and oxygen atoms in total. The van der Waals surface area contributed by atoms with Crippen LogP contribution in [0.4, 0.5) is 0 Å². The Morgan fingerprint density at radius 3 is 2.67 bits per heavy atom. The maximum Gasteiger partial charge on any atom is 0.127 e. The SMILES string of the molecule is Cc1ccc(OC2=CC=CCC=C2)cc1. The van der Waals surface area contributed by atoms with Gasteiger partial charge in [-0.05, 0) is 37.6 Å². The van der Waals surface area contributed by atoms with Crippen molar-refractivity contribution in [3.05, 3.63) is 66.0 Å². The van der Waals surface area contributed by atoms with E-state index in [0.717, 1.165) is 17.9 Å². The van der Waals surface area contributed by atoms with Crippen molar-refractivity contribution in [1.29, 1.82) is 0 Å². The second-order valence-corrected chi connectivity index (χ2v) is 3.55. The summed E-state index contributed by atoms with van der Waals surface area (Å²) in [6.07, 6.45) is 11.1. The zero-order valence-corrected chi connectivity index (χ0v) is 8.81. The van der Waals surface area contributed by atoms with Crippen LogP contribution >= 0.6 is 0 Å². The molecule has 15 heavy (non-hydrogen) atoms. The fourth-order valence-electron chi connectivity index (χ4n) is 1.37. The summed E-state index contributed by atoms with van der Waals surface area (Å²) in [4.78, 5) is 0. The van der Waals surface area contributed by atoms with Crippen molar-refractivity contribution in [2.24, 2.45) is 0 Å². The van der Waals surface area contributed by atoms with E-state index >= 15 is 0 Å². The zero-order valence-electron chi connectivity index (χ0n) is 8.81. The molecule has 2 rings (SSSR count). The van der Waals surface area contributed by atoms with Gasteiger partial charge in [0.15, 0.2) is 0 Å². The van der Waals surface area contributed by atoms with Crippen LogP contribution in [0.1, 0.15) is 12.0 Å². The average Bonchev–Trinajstić information content (AvgIpc) is 2.50. The average molecular weight is 198 g/mol. The Bertz CT molecular complexity index is 407. The predicted octanol–water partition coefficient (Wildman–Crippen LogP) is 3.77. The molecule has 0 bridgehead atoms. The van der Waals surface area contributed by atoms with E-state index in [1.54, 1.807) is 0 Å². The van der Waals surface area contributed by atoms with Crippen LogP contribution < -0.4 is 4.74 Å². The van der Waals surface area contributed by atoms with Crippen LogP contribution in [0.2, 0.25) is 0 Å². The third-order valence-electron chi connectivity index (χ3n) is 2.21. The first-order valence-electron chi connectivity index (χ1n) is 5.12. The Labute approximate surface area is 90.4 Å². The molecule has 76 valence electrons. The first-order chi connectivity index (χ1) is 7.34. The highest BCUT2D eigenvalue weighted by molar-refractivity contribution is 5.31. The van der Waals surface area contributed by atoms with Crippen LogP contribution in [0, 0.1) is 6.92 Å². The van der Waals surface area contributed by atoms with Gasteiger partial charge in [-0.2, -0.15) is 0 Å². The molecule has 0 saturated heterocycles. The van der Waals surface area contributed by atoms with Gasteiger partial charge in [0.05, 0.1) is 0 Å². The van der Waals surface area contributed by atoms with Crippen molar-refractivity contribution in [3.8, 4) is 5.75 Å². The van der Waals surface area contributed by atoms with Gasteiger partial charge in [0, 0.05) is 0 Å². The smallest absolute Gasteiger partial charge is 0.127 e. The van der Waals surface area contributed by atoms with E-state index in [9.17, 15) is 0 Å². The lowest BCUT2D eigenvalue weighted by Crippen LogP contribution is -1.91. The van der Waals surface area contributed by atoms with Crippen molar-refractivity contribution in [2.75, 3.05) is 0 Å². The number of allylic oxidation sites excluding steroid dienone is 5. The van der Waals surface area contributed by atoms with Gasteiger partial charge in [-0.15, -0.1) is 0 Å². The monoisotopic (exact) mass is 198 g/mol. The second kappa shape index (κ2) is 4.65. The molecule has 1 aliphatic carbocycles. The van der Waals surface area contributed by atoms with Crippen LogP contribution in [0.15, 0.2) is 60.4 Å². The van der Waals surface area contributed by atoms with E-state index in [0.29, 0.717) is 0 Å². The molecule has 0 spiro atoms. The fraction of sp³-hybridized carbons (Fsp3) is 0.143. The van der Waals surface area contributed by atoms with E-state index in [1.165, 1.54) is 5.56 Å². The first-order valence-corrected chi connectivity index (χ1v) is 5.12. The summed E-state index contributed by atoms with van der Waals surface area (Å²) in [5.41, 5.74) is 1.24. The Morgan fingerprint density at radius 2 is 1.87 bits per heavy atom. The number of hydrogen-bond acceptors (Lipinski definition) is 1. The van der Waals surface area contributed by atoms with Gasteiger partial charge in [0.25, 0.3) is 0 Å². The van der Waals surface area contributed by atoms with Crippen molar-refractivity contribution >= 4 is 0 Å². The largest absolute Gasteiger partial charge is 0.457 e. The normalized spacial score (nSPS) is 14.6. The number of ether oxygens (including phenoxy) is 1. The maximum absolute atomic E-state index is 5.71. The van der Waals surface area contributed by atoms with Gasteiger partial charge in [0.1, 0.15) is 11.5 Å². The Hall–Kier alpha value is -1.76. The molecule has 1 aromatic rings. The van der Waals surface area contributed by atoms with E-state index in [4.69, 9.17) is 4.74 Å². The van der Waals surface area contributed by atoms with E-state index in [-0.39, 0.29) is 0 Å². The highest BCUT2D eigenvalue weighted by Gasteiger charge is 1.97. The summed E-state index contributed by atoms with van der Waals surface area (Å²) >= 11 is 0. The van der Waals surface area contributed by atoms with Gasteiger partial charge in [-0.1, -0.05) is 35.9 Å². The Morgan fingerprint density at radius 1 is 1.07 bits per heavy atom. The summed E-state index contributed by atoms with van der Waals surface area (Å²) in [5, 5.41) is 0. The van der Waals surface area contributed by atoms with E-state index in [2.05, 4.69) is 19.1 Å². The minimum Gasteiger partial charge on any atom is -0.457 e. The summed E-state index contributed by atoms with van der Waals surface area (Å²) in [5.74, 6) is 1.76. The molecule has 1 heteroatoms. The number of hydrogen-bond donors (Lipinski definition) is 0. The predicted molar refractivity (Wildman–Crippen MR) is 62.8 cm³/mol. The van der Waals surface area contributed by atoms with Crippen molar-refractivity contribution in [2.45, 2.75) is 13.3 Å². The highest BCUT2D eigenvalue weighted by atomic mass is 16.5. The van der Waals surface area contributed by atoms with E-state index in [1.807, 2.05) is 42.5 Å². The summed E-state index contributed by atoms with van der Waals surface area (Å²) in [6, 6.07) is 8.07. The minimum atomic E-state index is 0.881. The van der Waals surface area contributed by atoms with Crippen LogP contribution in [-0.4, -0.2) is 0 Å². The molecular weight excluding hydrogens is 184 g/mol. The minimum absolute atomic E-state index is 0.881. The molecule has 0 N–H and O–H groups in total. The fourth-order valence-corrected chi connectivity index (χ4v) is 1.37. The van der Waals surface area contributed by atoms with Crippen molar-refractivity contribution < 1.29 is 4.74 Å². The van der Waals surface area contributed by atoms with Crippen molar-refractivity contribution in [1.82, 2.24) is 0 Å². The number of aryl methyl sites for hydroxylation is 1. The lowest BCUT2D eigenvalue weighted by molar-refractivity contribution is 0.444. The third-order valence-corrected chi connectivity index (χ3v) is 2.21. The molecule has 0 atom stereocenters. The topological polar surface area (TPSA) is 9.23 Å². The molecule has 0 saturated carbocycles.